The predicted octanol–water partition coefficient (Wildman–Crippen LogP) is 3.47. The van der Waals surface area contributed by atoms with Gasteiger partial charge >= 0.3 is 0 Å². The standard InChI is InChI=1S/C25H29N5O3/c1-5-19(30-25(32)22-15-23-20(8-13-33-23)29(22)18(4)26-30)24(31)28-11-9-27(10-12-28)21-14-16(2)6-7-17(21)3/h6-8,13-15,19H,5,9-12H2,1-4H3/t19-/m0/s1. The molecule has 172 valence electrons. The highest BCUT2D eigenvalue weighted by Gasteiger charge is 2.30. The fourth-order valence-electron chi connectivity index (χ4n) is 4.90. The Labute approximate surface area is 192 Å². The Kier molecular flexibility index (Phi) is 5.23. The van der Waals surface area contributed by atoms with E-state index in [1.165, 1.54) is 21.5 Å². The summed E-state index contributed by atoms with van der Waals surface area (Å²) in [5, 5.41) is 4.54. The van der Waals surface area contributed by atoms with Crippen molar-refractivity contribution in [2.24, 2.45) is 0 Å². The number of anilines is 1. The number of carbonyl (C=O) groups is 1. The number of fused-ring (bicyclic) bond motifs is 3. The van der Waals surface area contributed by atoms with Gasteiger partial charge in [-0.15, -0.1) is 0 Å². The smallest absolute Gasteiger partial charge is 0.291 e. The van der Waals surface area contributed by atoms with E-state index in [-0.39, 0.29) is 11.5 Å². The van der Waals surface area contributed by atoms with E-state index >= 15 is 0 Å². The number of furan rings is 1. The summed E-state index contributed by atoms with van der Waals surface area (Å²) in [5.41, 5.74) is 5.34. The molecule has 1 aromatic carbocycles. The molecule has 5 rings (SSSR count). The zero-order valence-corrected chi connectivity index (χ0v) is 19.5. The molecular formula is C25H29N5O3. The molecule has 1 atom stereocenters. The zero-order valence-electron chi connectivity index (χ0n) is 19.5. The molecule has 0 spiro atoms. The maximum Gasteiger partial charge on any atom is 0.291 e. The van der Waals surface area contributed by atoms with Crippen molar-refractivity contribution in [2.75, 3.05) is 31.1 Å². The summed E-state index contributed by atoms with van der Waals surface area (Å²) in [6, 6.07) is 9.38. The average Bonchev–Trinajstić information content (AvgIpc) is 3.41. The molecule has 0 N–H and O–H groups in total. The van der Waals surface area contributed by atoms with Crippen LogP contribution in [0, 0.1) is 20.8 Å². The maximum atomic E-state index is 13.5. The van der Waals surface area contributed by atoms with Gasteiger partial charge in [-0.3, -0.25) is 14.0 Å². The number of nitrogens with zero attached hydrogens (tertiary/aromatic N) is 5. The van der Waals surface area contributed by atoms with E-state index in [1.54, 1.807) is 16.7 Å². The summed E-state index contributed by atoms with van der Waals surface area (Å²) in [4.78, 5) is 31.0. The van der Waals surface area contributed by atoms with Crippen LogP contribution < -0.4 is 10.5 Å². The molecule has 0 aliphatic carbocycles. The van der Waals surface area contributed by atoms with Crippen molar-refractivity contribution in [1.82, 2.24) is 19.1 Å². The van der Waals surface area contributed by atoms with E-state index in [9.17, 15) is 9.59 Å². The van der Waals surface area contributed by atoms with Crippen molar-refractivity contribution in [3.63, 3.8) is 0 Å². The number of rotatable bonds is 4. The Morgan fingerprint density at radius 3 is 2.55 bits per heavy atom. The molecule has 0 unspecified atom stereocenters. The number of aromatic nitrogens is 3. The quantitative estimate of drug-likeness (QED) is 0.479. The Morgan fingerprint density at radius 1 is 1.06 bits per heavy atom. The fourth-order valence-corrected chi connectivity index (χ4v) is 4.90. The van der Waals surface area contributed by atoms with Gasteiger partial charge in [-0.2, -0.15) is 5.10 Å². The van der Waals surface area contributed by atoms with E-state index in [0.717, 1.165) is 18.6 Å². The number of benzene rings is 1. The van der Waals surface area contributed by atoms with Gasteiger partial charge in [-0.25, -0.2) is 4.68 Å². The molecule has 4 aromatic rings. The minimum atomic E-state index is -0.630. The average molecular weight is 448 g/mol. The van der Waals surface area contributed by atoms with Gasteiger partial charge in [0.15, 0.2) is 5.58 Å². The number of hydrogen-bond donors (Lipinski definition) is 0. The van der Waals surface area contributed by atoms with Crippen LogP contribution in [0.3, 0.4) is 0 Å². The van der Waals surface area contributed by atoms with Gasteiger partial charge < -0.3 is 14.2 Å². The van der Waals surface area contributed by atoms with Crippen molar-refractivity contribution in [1.29, 1.82) is 0 Å². The van der Waals surface area contributed by atoms with Crippen molar-refractivity contribution >= 4 is 28.2 Å². The summed E-state index contributed by atoms with van der Waals surface area (Å²) >= 11 is 0. The number of carbonyl (C=O) groups excluding carboxylic acids is 1. The Morgan fingerprint density at radius 2 is 1.82 bits per heavy atom. The summed E-state index contributed by atoms with van der Waals surface area (Å²) < 4.78 is 8.62. The van der Waals surface area contributed by atoms with E-state index in [0.29, 0.717) is 36.4 Å². The lowest BCUT2D eigenvalue weighted by molar-refractivity contribution is -0.135. The van der Waals surface area contributed by atoms with Crippen LogP contribution in [0.2, 0.25) is 0 Å². The van der Waals surface area contributed by atoms with Gasteiger partial charge in [-0.1, -0.05) is 19.1 Å². The lowest BCUT2D eigenvalue weighted by atomic mass is 10.1. The van der Waals surface area contributed by atoms with E-state index in [4.69, 9.17) is 4.42 Å². The van der Waals surface area contributed by atoms with Gasteiger partial charge in [-0.05, 0) is 44.4 Å². The highest BCUT2D eigenvalue weighted by Crippen LogP contribution is 2.25. The molecule has 1 fully saturated rings. The third-order valence-corrected chi connectivity index (χ3v) is 6.69. The number of hydrogen-bond acceptors (Lipinski definition) is 5. The molecule has 3 aromatic heterocycles. The van der Waals surface area contributed by atoms with E-state index < -0.39 is 6.04 Å². The largest absolute Gasteiger partial charge is 0.463 e. The van der Waals surface area contributed by atoms with Crippen molar-refractivity contribution in [2.45, 2.75) is 40.2 Å². The lowest BCUT2D eigenvalue weighted by Crippen LogP contribution is -2.51. The van der Waals surface area contributed by atoms with Gasteiger partial charge in [0.1, 0.15) is 17.4 Å². The normalized spacial score (nSPS) is 15.5. The van der Waals surface area contributed by atoms with Crippen LogP contribution in [0.1, 0.15) is 36.3 Å². The third kappa shape index (κ3) is 3.50. The Hall–Kier alpha value is -3.55. The molecule has 1 amide bonds. The van der Waals surface area contributed by atoms with Crippen molar-refractivity contribution < 1.29 is 9.21 Å². The van der Waals surface area contributed by atoms with E-state index in [1.807, 2.05) is 24.8 Å². The van der Waals surface area contributed by atoms with Crippen molar-refractivity contribution in [3.05, 3.63) is 63.9 Å². The number of piperazine rings is 1. The highest BCUT2D eigenvalue weighted by atomic mass is 16.3. The first kappa shape index (κ1) is 21.3. The van der Waals surface area contributed by atoms with Crippen LogP contribution >= 0.6 is 0 Å². The van der Waals surface area contributed by atoms with Gasteiger partial charge in [0.05, 0.1) is 11.8 Å². The highest BCUT2D eigenvalue weighted by molar-refractivity contribution is 5.83. The second kappa shape index (κ2) is 8.10. The first-order valence-corrected chi connectivity index (χ1v) is 11.5. The number of aryl methyl sites for hydroxylation is 3. The first-order valence-electron chi connectivity index (χ1n) is 11.5. The summed E-state index contributed by atoms with van der Waals surface area (Å²) in [6.45, 7) is 10.8. The minimum Gasteiger partial charge on any atom is -0.463 e. The van der Waals surface area contributed by atoms with Crippen LogP contribution in [-0.4, -0.2) is 51.2 Å². The first-order chi connectivity index (χ1) is 15.9. The van der Waals surface area contributed by atoms with E-state index in [2.05, 4.69) is 42.0 Å². The molecular weight excluding hydrogens is 418 g/mol. The van der Waals surface area contributed by atoms with Crippen LogP contribution in [0.4, 0.5) is 5.69 Å². The van der Waals surface area contributed by atoms with Crippen LogP contribution in [0.25, 0.3) is 16.6 Å². The van der Waals surface area contributed by atoms with Gasteiger partial charge in [0, 0.05) is 44.0 Å². The third-order valence-electron chi connectivity index (χ3n) is 6.69. The van der Waals surface area contributed by atoms with Crippen molar-refractivity contribution in [3.8, 4) is 0 Å². The molecule has 0 radical (unpaired) electrons. The molecule has 33 heavy (non-hydrogen) atoms. The summed E-state index contributed by atoms with van der Waals surface area (Å²) in [5.74, 6) is 0.596. The molecule has 8 nitrogen and oxygen atoms in total. The van der Waals surface area contributed by atoms with Crippen LogP contribution in [-0.2, 0) is 4.79 Å². The molecule has 8 heteroatoms. The summed E-state index contributed by atoms with van der Waals surface area (Å²) in [6.07, 6.45) is 2.09. The maximum absolute atomic E-state index is 13.5. The molecule has 0 bridgehead atoms. The Bertz CT molecular complexity index is 1400. The van der Waals surface area contributed by atoms with Gasteiger partial charge in [0.2, 0.25) is 5.91 Å². The van der Waals surface area contributed by atoms with Gasteiger partial charge in [0.25, 0.3) is 5.56 Å². The lowest BCUT2D eigenvalue weighted by Gasteiger charge is -2.38. The minimum absolute atomic E-state index is 0.0493. The molecule has 1 aliphatic rings. The van der Waals surface area contributed by atoms with Crippen LogP contribution in [0.15, 0.2) is 45.8 Å². The zero-order chi connectivity index (χ0) is 23.3. The fraction of sp³-hybridized carbons (Fsp3) is 0.400. The SMILES string of the molecule is CC[C@@H](C(=O)N1CCN(c2cc(C)ccc2C)CC1)n1nc(C)n2c(cc3occc32)c1=O. The molecule has 1 aliphatic heterocycles. The molecule has 0 saturated carbocycles. The Balaban J connectivity index is 1.40. The van der Waals surface area contributed by atoms with Crippen LogP contribution in [0.5, 0.6) is 0 Å². The second-order valence-electron chi connectivity index (χ2n) is 8.86. The molecule has 1 saturated heterocycles. The summed E-state index contributed by atoms with van der Waals surface area (Å²) in [7, 11) is 0. The predicted molar refractivity (Wildman–Crippen MR) is 128 cm³/mol. The number of amides is 1. The topological polar surface area (TPSA) is 76.0 Å². The second-order valence-corrected chi connectivity index (χ2v) is 8.86. The molecule has 4 heterocycles. The monoisotopic (exact) mass is 447 g/mol.